The van der Waals surface area contributed by atoms with E-state index in [4.69, 9.17) is 9.26 Å². The van der Waals surface area contributed by atoms with Crippen molar-refractivity contribution < 1.29 is 14.1 Å². The number of rotatable bonds is 7. The minimum absolute atomic E-state index is 0.0377. The van der Waals surface area contributed by atoms with Crippen molar-refractivity contribution in [2.45, 2.75) is 40.2 Å². The highest BCUT2D eigenvalue weighted by Crippen LogP contribution is 2.18. The molecule has 0 aliphatic heterocycles. The summed E-state index contributed by atoms with van der Waals surface area (Å²) in [4.78, 5) is 14.0. The summed E-state index contributed by atoms with van der Waals surface area (Å²) in [5.74, 6) is 1.53. The van der Waals surface area contributed by atoms with Crippen molar-refractivity contribution in [3.05, 3.63) is 46.8 Å². The number of carbonyl (C=O) groups excluding carboxylic acids is 1. The van der Waals surface area contributed by atoms with E-state index in [0.717, 1.165) is 42.2 Å². The van der Waals surface area contributed by atoms with Crippen LogP contribution >= 0.6 is 0 Å². The number of hydrogen-bond donors (Lipinski definition) is 0. The molecular formula is C18H24N2O3. The summed E-state index contributed by atoms with van der Waals surface area (Å²) in [6, 6.07) is 7.24. The lowest BCUT2D eigenvalue weighted by Gasteiger charge is -2.16. The van der Waals surface area contributed by atoms with Gasteiger partial charge in [0.2, 0.25) is 0 Å². The number of hydrogen-bond acceptors (Lipinski definition) is 4. The number of carbonyl (C=O) groups is 1. The minimum Gasteiger partial charge on any atom is -0.489 e. The van der Waals surface area contributed by atoms with Gasteiger partial charge in [-0.15, -0.1) is 0 Å². The van der Waals surface area contributed by atoms with E-state index in [1.807, 2.05) is 33.0 Å². The molecule has 0 aliphatic rings. The number of aryl methyl sites for hydroxylation is 2. The largest absolute Gasteiger partial charge is 0.489 e. The monoisotopic (exact) mass is 316 g/mol. The summed E-state index contributed by atoms with van der Waals surface area (Å²) < 4.78 is 10.9. The Morgan fingerprint density at radius 3 is 2.52 bits per heavy atom. The van der Waals surface area contributed by atoms with Crippen molar-refractivity contribution in [1.82, 2.24) is 10.1 Å². The molecule has 2 rings (SSSR count). The zero-order chi connectivity index (χ0) is 16.8. The third kappa shape index (κ3) is 4.34. The highest BCUT2D eigenvalue weighted by Gasteiger charge is 2.12. The van der Waals surface area contributed by atoms with Crippen LogP contribution in [0.3, 0.4) is 0 Å². The standard InChI is InChI=1S/C18H24N2O3/c1-5-6-11-20(4)18(21)15-7-9-16(10-8-15)22-12-17-13(2)19-23-14(17)3/h7-10H,5-6,11-12H2,1-4H3. The molecule has 1 aromatic carbocycles. The highest BCUT2D eigenvalue weighted by molar-refractivity contribution is 5.94. The molecular weight excluding hydrogens is 292 g/mol. The molecule has 1 aromatic heterocycles. The van der Waals surface area contributed by atoms with Gasteiger partial charge < -0.3 is 14.2 Å². The smallest absolute Gasteiger partial charge is 0.253 e. The summed E-state index contributed by atoms with van der Waals surface area (Å²) >= 11 is 0. The van der Waals surface area contributed by atoms with Crippen LogP contribution in [-0.2, 0) is 6.61 Å². The fourth-order valence-electron chi connectivity index (χ4n) is 2.27. The van der Waals surface area contributed by atoms with Crippen molar-refractivity contribution in [2.24, 2.45) is 0 Å². The van der Waals surface area contributed by atoms with Crippen molar-refractivity contribution in [3.8, 4) is 5.75 Å². The fraction of sp³-hybridized carbons (Fsp3) is 0.444. The second-order valence-electron chi connectivity index (χ2n) is 5.70. The quantitative estimate of drug-likeness (QED) is 0.781. The lowest BCUT2D eigenvalue weighted by Crippen LogP contribution is -2.27. The lowest BCUT2D eigenvalue weighted by molar-refractivity contribution is 0.0793. The first kappa shape index (κ1) is 17.1. The van der Waals surface area contributed by atoms with Gasteiger partial charge in [0, 0.05) is 19.2 Å². The van der Waals surface area contributed by atoms with E-state index < -0.39 is 0 Å². The molecule has 0 aliphatic carbocycles. The van der Waals surface area contributed by atoms with Crippen LogP contribution in [0.25, 0.3) is 0 Å². The van der Waals surface area contributed by atoms with Crippen molar-refractivity contribution >= 4 is 5.91 Å². The SMILES string of the molecule is CCCCN(C)C(=O)c1ccc(OCc2c(C)noc2C)cc1. The van der Waals surface area contributed by atoms with Gasteiger partial charge in [0.25, 0.3) is 5.91 Å². The van der Waals surface area contributed by atoms with Crippen molar-refractivity contribution in [2.75, 3.05) is 13.6 Å². The first-order valence-corrected chi connectivity index (χ1v) is 7.93. The zero-order valence-corrected chi connectivity index (χ0v) is 14.3. The number of aromatic nitrogens is 1. The Morgan fingerprint density at radius 2 is 1.96 bits per heavy atom. The molecule has 0 atom stereocenters. The highest BCUT2D eigenvalue weighted by atomic mass is 16.5. The van der Waals surface area contributed by atoms with Gasteiger partial charge in [-0.05, 0) is 44.5 Å². The number of unbranched alkanes of at least 4 members (excludes halogenated alkanes) is 1. The van der Waals surface area contributed by atoms with Crippen molar-refractivity contribution in [1.29, 1.82) is 0 Å². The normalized spacial score (nSPS) is 10.6. The Bertz CT molecular complexity index is 627. The third-order valence-electron chi connectivity index (χ3n) is 3.86. The molecule has 0 spiro atoms. The maximum Gasteiger partial charge on any atom is 0.253 e. The summed E-state index contributed by atoms with van der Waals surface area (Å²) in [7, 11) is 1.83. The van der Waals surface area contributed by atoms with Gasteiger partial charge in [-0.1, -0.05) is 18.5 Å². The van der Waals surface area contributed by atoms with E-state index in [2.05, 4.69) is 12.1 Å². The van der Waals surface area contributed by atoms with Gasteiger partial charge in [-0.2, -0.15) is 0 Å². The molecule has 2 aromatic rings. The first-order chi connectivity index (χ1) is 11.0. The molecule has 0 bridgehead atoms. The van der Waals surface area contributed by atoms with Gasteiger partial charge >= 0.3 is 0 Å². The molecule has 23 heavy (non-hydrogen) atoms. The van der Waals surface area contributed by atoms with E-state index >= 15 is 0 Å². The zero-order valence-electron chi connectivity index (χ0n) is 14.3. The summed E-state index contributed by atoms with van der Waals surface area (Å²) in [6.45, 7) is 7.06. The fourth-order valence-corrected chi connectivity index (χ4v) is 2.27. The molecule has 1 amide bonds. The van der Waals surface area contributed by atoms with Crippen LogP contribution in [0.1, 0.15) is 47.1 Å². The van der Waals surface area contributed by atoms with E-state index in [-0.39, 0.29) is 5.91 Å². The first-order valence-electron chi connectivity index (χ1n) is 7.93. The van der Waals surface area contributed by atoms with Crippen LogP contribution in [-0.4, -0.2) is 29.6 Å². The predicted molar refractivity (Wildman–Crippen MR) is 88.6 cm³/mol. The molecule has 0 saturated heterocycles. The maximum atomic E-state index is 12.3. The van der Waals surface area contributed by atoms with Gasteiger partial charge in [-0.3, -0.25) is 4.79 Å². The summed E-state index contributed by atoms with van der Waals surface area (Å²) in [5.41, 5.74) is 2.48. The predicted octanol–water partition coefficient (Wildman–Crippen LogP) is 3.74. The van der Waals surface area contributed by atoms with Crippen LogP contribution in [0.2, 0.25) is 0 Å². The van der Waals surface area contributed by atoms with E-state index in [1.54, 1.807) is 17.0 Å². The van der Waals surface area contributed by atoms with Crippen LogP contribution in [0.15, 0.2) is 28.8 Å². The number of ether oxygens (including phenoxy) is 1. The van der Waals surface area contributed by atoms with Crippen LogP contribution in [0, 0.1) is 13.8 Å². The molecule has 0 radical (unpaired) electrons. The van der Waals surface area contributed by atoms with Crippen LogP contribution in [0.4, 0.5) is 0 Å². The molecule has 0 unspecified atom stereocenters. The average Bonchev–Trinajstić information content (AvgIpc) is 2.89. The number of amides is 1. The van der Waals surface area contributed by atoms with E-state index in [9.17, 15) is 4.79 Å². The third-order valence-corrected chi connectivity index (χ3v) is 3.86. The molecule has 5 nitrogen and oxygen atoms in total. The van der Waals surface area contributed by atoms with Crippen LogP contribution in [0.5, 0.6) is 5.75 Å². The number of nitrogens with zero attached hydrogens (tertiary/aromatic N) is 2. The molecule has 1 heterocycles. The lowest BCUT2D eigenvalue weighted by atomic mass is 10.2. The minimum atomic E-state index is 0.0377. The maximum absolute atomic E-state index is 12.3. The summed E-state index contributed by atoms with van der Waals surface area (Å²) in [5, 5.41) is 3.90. The average molecular weight is 316 g/mol. The molecule has 0 N–H and O–H groups in total. The van der Waals surface area contributed by atoms with Gasteiger partial charge in [0.05, 0.1) is 11.3 Å². The Kier molecular flexibility index (Phi) is 5.79. The Balaban J connectivity index is 1.95. The second-order valence-corrected chi connectivity index (χ2v) is 5.70. The van der Waals surface area contributed by atoms with Gasteiger partial charge in [0.1, 0.15) is 18.1 Å². The Labute approximate surface area is 137 Å². The summed E-state index contributed by atoms with van der Waals surface area (Å²) in [6.07, 6.45) is 2.09. The van der Waals surface area contributed by atoms with Crippen molar-refractivity contribution in [3.63, 3.8) is 0 Å². The topological polar surface area (TPSA) is 55.6 Å². The second kappa shape index (κ2) is 7.81. The molecule has 124 valence electrons. The molecule has 0 fully saturated rings. The molecule has 0 saturated carbocycles. The Hall–Kier alpha value is -2.30. The van der Waals surface area contributed by atoms with Crippen LogP contribution < -0.4 is 4.74 Å². The van der Waals surface area contributed by atoms with Gasteiger partial charge in [-0.25, -0.2) is 0 Å². The Morgan fingerprint density at radius 1 is 1.26 bits per heavy atom. The number of benzene rings is 1. The van der Waals surface area contributed by atoms with Gasteiger partial charge in [0.15, 0.2) is 0 Å². The molecule has 5 heteroatoms. The van der Waals surface area contributed by atoms with E-state index in [1.165, 1.54) is 0 Å². The van der Waals surface area contributed by atoms with E-state index in [0.29, 0.717) is 12.2 Å².